The standard InChI is InChI=1S/C22H30ClNO6S/c1-7-8-16(14(2)23)19(20(27)29-6)24-10-9-17(15(12-24)11-18(25)26)31-13-30-21(28)22(3,4)5/h7-8,11,17,19H,1-2,9-10,12-13H2,3-6H3,(H,25,26)/b15-11+,16-8+/t17?,19-/m0/s1. The van der Waals surface area contributed by atoms with Crippen LogP contribution in [0.2, 0.25) is 0 Å². The Morgan fingerprint density at radius 1 is 1.39 bits per heavy atom. The summed E-state index contributed by atoms with van der Waals surface area (Å²) in [6, 6.07) is -0.852. The van der Waals surface area contributed by atoms with Crippen molar-refractivity contribution in [1.29, 1.82) is 0 Å². The highest BCUT2D eigenvalue weighted by atomic mass is 35.5. The summed E-state index contributed by atoms with van der Waals surface area (Å²) < 4.78 is 10.3. The van der Waals surface area contributed by atoms with Crippen LogP contribution in [0, 0.1) is 5.41 Å². The van der Waals surface area contributed by atoms with Crippen molar-refractivity contribution in [2.45, 2.75) is 38.5 Å². The van der Waals surface area contributed by atoms with Crippen molar-refractivity contribution in [3.63, 3.8) is 0 Å². The Bertz CT molecular complexity index is 783. The molecule has 172 valence electrons. The van der Waals surface area contributed by atoms with E-state index in [2.05, 4.69) is 13.2 Å². The molecule has 2 atom stereocenters. The Hall–Kier alpha value is -2.03. The maximum absolute atomic E-state index is 12.5. The van der Waals surface area contributed by atoms with E-state index in [-0.39, 0.29) is 28.7 Å². The van der Waals surface area contributed by atoms with Gasteiger partial charge in [-0.05, 0) is 38.3 Å². The van der Waals surface area contributed by atoms with Crippen LogP contribution in [0.25, 0.3) is 0 Å². The summed E-state index contributed by atoms with van der Waals surface area (Å²) in [5.41, 5.74) is 0.417. The van der Waals surface area contributed by atoms with Gasteiger partial charge < -0.3 is 14.6 Å². The first kappa shape index (κ1) is 27.0. The number of aliphatic carboxylic acids is 1. The lowest BCUT2D eigenvalue weighted by molar-refractivity contribution is -0.150. The summed E-state index contributed by atoms with van der Waals surface area (Å²) >= 11 is 7.47. The molecule has 1 N–H and O–H groups in total. The van der Waals surface area contributed by atoms with Gasteiger partial charge in [-0.25, -0.2) is 9.59 Å². The largest absolute Gasteiger partial charge is 0.478 e. The van der Waals surface area contributed by atoms with E-state index in [0.717, 1.165) is 6.08 Å². The number of likely N-dealkylation sites (tertiary alicyclic amines) is 1. The number of thioether (sulfide) groups is 1. The van der Waals surface area contributed by atoms with Crippen molar-refractivity contribution in [2.75, 3.05) is 26.1 Å². The van der Waals surface area contributed by atoms with Crippen LogP contribution in [0.1, 0.15) is 27.2 Å². The van der Waals surface area contributed by atoms with Gasteiger partial charge in [0.2, 0.25) is 0 Å². The highest BCUT2D eigenvalue weighted by Gasteiger charge is 2.36. The topological polar surface area (TPSA) is 93.1 Å². The molecular formula is C22H30ClNO6S. The summed E-state index contributed by atoms with van der Waals surface area (Å²) in [6.45, 7) is 13.3. The van der Waals surface area contributed by atoms with Crippen LogP contribution in [0.15, 0.2) is 47.6 Å². The number of rotatable bonds is 9. The summed E-state index contributed by atoms with van der Waals surface area (Å²) in [6.07, 6.45) is 4.76. The highest BCUT2D eigenvalue weighted by Crippen LogP contribution is 2.32. The van der Waals surface area contributed by atoms with Crippen molar-refractivity contribution >= 4 is 41.3 Å². The number of esters is 2. The SMILES string of the molecule is C=C/C=C(\C(=C)Cl)[C@@H](C(=O)OC)N1CCC(SCOC(=O)C(C)(C)C)/C(=C/C(=O)O)C1. The number of carboxylic acid groups (broad SMARTS) is 1. The second-order valence-corrected chi connectivity index (χ2v) is 9.55. The van der Waals surface area contributed by atoms with E-state index in [1.54, 1.807) is 31.7 Å². The second kappa shape index (κ2) is 12.1. The molecule has 0 aromatic carbocycles. The van der Waals surface area contributed by atoms with Crippen molar-refractivity contribution in [3.8, 4) is 0 Å². The molecule has 0 aromatic rings. The second-order valence-electron chi connectivity index (χ2n) is 7.96. The van der Waals surface area contributed by atoms with Crippen LogP contribution in [-0.2, 0) is 23.9 Å². The average Bonchev–Trinajstić information content (AvgIpc) is 2.67. The number of halogens is 1. The zero-order valence-electron chi connectivity index (χ0n) is 18.4. The minimum absolute atomic E-state index is 0.109. The van der Waals surface area contributed by atoms with E-state index in [1.165, 1.54) is 24.9 Å². The molecule has 1 unspecified atom stereocenters. The van der Waals surface area contributed by atoms with Gasteiger partial charge in [0.15, 0.2) is 0 Å². The molecule has 0 saturated carbocycles. The number of hydrogen-bond donors (Lipinski definition) is 1. The molecule has 7 nitrogen and oxygen atoms in total. The van der Waals surface area contributed by atoms with Crippen molar-refractivity contribution in [3.05, 3.63) is 47.6 Å². The molecule has 1 aliphatic heterocycles. The van der Waals surface area contributed by atoms with E-state index in [1.807, 2.05) is 0 Å². The van der Waals surface area contributed by atoms with Gasteiger partial charge in [0.25, 0.3) is 0 Å². The molecule has 0 bridgehead atoms. The van der Waals surface area contributed by atoms with E-state index in [4.69, 9.17) is 21.1 Å². The van der Waals surface area contributed by atoms with Crippen LogP contribution in [0.3, 0.4) is 0 Å². The number of hydrogen-bond acceptors (Lipinski definition) is 7. The first-order chi connectivity index (χ1) is 14.4. The molecule has 0 aliphatic carbocycles. The molecule has 0 radical (unpaired) electrons. The lowest BCUT2D eigenvalue weighted by Crippen LogP contribution is -2.49. The monoisotopic (exact) mass is 471 g/mol. The third-order valence-electron chi connectivity index (χ3n) is 4.55. The number of piperidine rings is 1. The van der Waals surface area contributed by atoms with Crippen molar-refractivity contribution in [2.24, 2.45) is 5.41 Å². The van der Waals surface area contributed by atoms with Gasteiger partial charge in [-0.2, -0.15) is 0 Å². The summed E-state index contributed by atoms with van der Waals surface area (Å²) in [5.74, 6) is -1.84. The first-order valence-electron chi connectivity index (χ1n) is 9.63. The Morgan fingerprint density at radius 2 is 2.03 bits per heavy atom. The Kier molecular flexibility index (Phi) is 10.6. The molecule has 9 heteroatoms. The number of nitrogens with zero attached hydrogens (tertiary/aromatic N) is 1. The average molecular weight is 472 g/mol. The third-order valence-corrected chi connectivity index (χ3v) is 5.97. The zero-order valence-corrected chi connectivity index (χ0v) is 19.9. The molecule has 1 aliphatic rings. The molecule has 31 heavy (non-hydrogen) atoms. The summed E-state index contributed by atoms with van der Waals surface area (Å²) in [5, 5.41) is 9.32. The van der Waals surface area contributed by atoms with Gasteiger partial charge >= 0.3 is 17.9 Å². The van der Waals surface area contributed by atoms with Gasteiger partial charge in [0.1, 0.15) is 12.0 Å². The molecule has 0 amide bonds. The number of methoxy groups -OCH3 is 1. The molecule has 1 fully saturated rings. The minimum Gasteiger partial charge on any atom is -0.478 e. The highest BCUT2D eigenvalue weighted by molar-refractivity contribution is 7.99. The third kappa shape index (κ3) is 8.20. The quantitative estimate of drug-likeness (QED) is 0.235. The van der Waals surface area contributed by atoms with Crippen LogP contribution in [0.4, 0.5) is 0 Å². The Morgan fingerprint density at radius 3 is 2.52 bits per heavy atom. The number of carbonyl (C=O) groups is 3. The molecule has 1 saturated heterocycles. The van der Waals surface area contributed by atoms with E-state index in [9.17, 15) is 19.5 Å². The number of carbonyl (C=O) groups excluding carboxylic acids is 2. The Balaban J connectivity index is 3.07. The normalized spacial score (nSPS) is 20.1. The Labute approximate surface area is 192 Å². The fourth-order valence-electron chi connectivity index (χ4n) is 3.02. The molecule has 1 rings (SSSR count). The molecule has 0 spiro atoms. The molecule has 1 heterocycles. The fourth-order valence-corrected chi connectivity index (χ4v) is 4.15. The predicted octanol–water partition coefficient (Wildman–Crippen LogP) is 3.76. The maximum Gasteiger partial charge on any atom is 0.328 e. The van der Waals surface area contributed by atoms with Gasteiger partial charge in [0, 0.05) is 29.4 Å². The van der Waals surface area contributed by atoms with Crippen LogP contribution in [0.5, 0.6) is 0 Å². The van der Waals surface area contributed by atoms with Gasteiger partial charge in [-0.3, -0.25) is 9.69 Å². The van der Waals surface area contributed by atoms with Crippen molar-refractivity contribution in [1.82, 2.24) is 4.90 Å². The van der Waals surface area contributed by atoms with Crippen LogP contribution in [-0.4, -0.2) is 65.3 Å². The summed E-state index contributed by atoms with van der Waals surface area (Å²) in [7, 11) is 1.28. The number of carboxylic acids is 1. The predicted molar refractivity (Wildman–Crippen MR) is 123 cm³/mol. The maximum atomic E-state index is 12.5. The van der Waals surface area contributed by atoms with E-state index in [0.29, 0.717) is 24.1 Å². The minimum atomic E-state index is -1.09. The van der Waals surface area contributed by atoms with E-state index < -0.39 is 23.4 Å². The smallest absolute Gasteiger partial charge is 0.328 e. The first-order valence-corrected chi connectivity index (χ1v) is 11.1. The van der Waals surface area contributed by atoms with Crippen LogP contribution < -0.4 is 0 Å². The van der Waals surface area contributed by atoms with Crippen molar-refractivity contribution < 1.29 is 29.0 Å². The van der Waals surface area contributed by atoms with E-state index >= 15 is 0 Å². The molecular weight excluding hydrogens is 442 g/mol. The van der Waals surface area contributed by atoms with Gasteiger partial charge in [-0.1, -0.05) is 36.9 Å². The lowest BCUT2D eigenvalue weighted by Gasteiger charge is -2.38. The van der Waals surface area contributed by atoms with Gasteiger partial charge in [0.05, 0.1) is 12.5 Å². The van der Waals surface area contributed by atoms with Gasteiger partial charge in [-0.15, -0.1) is 11.8 Å². The molecule has 0 aromatic heterocycles. The lowest BCUT2D eigenvalue weighted by atomic mass is 9.97. The number of allylic oxidation sites excluding steroid dienone is 2. The van der Waals surface area contributed by atoms with Crippen LogP contribution >= 0.6 is 23.4 Å². The zero-order chi connectivity index (χ0) is 23.8. The summed E-state index contributed by atoms with van der Waals surface area (Å²) in [4.78, 5) is 37.7. The number of ether oxygens (including phenoxy) is 2. The fraction of sp³-hybridized carbons (Fsp3) is 0.500.